The molecule has 0 bridgehead atoms. The van der Waals surface area contributed by atoms with Crippen LogP contribution in [0.15, 0.2) is 43.0 Å². The van der Waals surface area contributed by atoms with Crippen molar-refractivity contribution in [3.8, 4) is 0 Å². The molecule has 10 nitrogen and oxygen atoms in total. The second-order valence-electron chi connectivity index (χ2n) is 8.04. The molecule has 3 heterocycles. The van der Waals surface area contributed by atoms with Gasteiger partial charge in [0.2, 0.25) is 11.8 Å². The number of carbonyl (C=O) groups excluding carboxylic acids is 2. The average Bonchev–Trinajstić information content (AvgIpc) is 3.54. The van der Waals surface area contributed by atoms with Crippen LogP contribution in [0.25, 0.3) is 10.9 Å². The summed E-state index contributed by atoms with van der Waals surface area (Å²) in [5, 5.41) is 13.2. The number of likely N-dealkylation sites (tertiary alicyclic amines) is 1. The van der Waals surface area contributed by atoms with Gasteiger partial charge in [0.1, 0.15) is 12.1 Å². The Hall–Kier alpha value is -3.66. The van der Waals surface area contributed by atoms with Crippen LogP contribution in [-0.2, 0) is 27.2 Å². The van der Waals surface area contributed by atoms with Gasteiger partial charge in [0.15, 0.2) is 0 Å². The molecule has 1 aliphatic heterocycles. The number of carboxylic acids is 1. The first-order valence-electron chi connectivity index (χ1n) is 10.6. The first-order chi connectivity index (χ1) is 15.4. The lowest BCUT2D eigenvalue weighted by atomic mass is 10.0. The quantitative estimate of drug-likeness (QED) is 0.346. The number of hydrogen-bond donors (Lipinski definition) is 5. The van der Waals surface area contributed by atoms with Crippen molar-refractivity contribution in [1.29, 1.82) is 0 Å². The van der Waals surface area contributed by atoms with Gasteiger partial charge in [-0.3, -0.25) is 9.59 Å². The second kappa shape index (κ2) is 9.23. The minimum absolute atomic E-state index is 0.160. The Labute approximate surface area is 184 Å². The Morgan fingerprint density at radius 3 is 2.81 bits per heavy atom. The van der Waals surface area contributed by atoms with Crippen molar-refractivity contribution in [3.63, 3.8) is 0 Å². The molecule has 2 aromatic heterocycles. The average molecular weight is 438 g/mol. The van der Waals surface area contributed by atoms with Crippen molar-refractivity contribution in [3.05, 3.63) is 54.2 Å². The van der Waals surface area contributed by atoms with E-state index >= 15 is 0 Å². The van der Waals surface area contributed by atoms with E-state index < -0.39 is 35.9 Å². The van der Waals surface area contributed by atoms with Crippen molar-refractivity contribution in [2.45, 2.75) is 43.8 Å². The smallest absolute Gasteiger partial charge is 0.326 e. The molecule has 1 fully saturated rings. The molecule has 1 saturated heterocycles. The third-order valence-corrected chi connectivity index (χ3v) is 5.87. The fourth-order valence-corrected chi connectivity index (χ4v) is 4.21. The molecule has 32 heavy (non-hydrogen) atoms. The maximum absolute atomic E-state index is 13.2. The number of imidazole rings is 1. The molecule has 0 saturated carbocycles. The summed E-state index contributed by atoms with van der Waals surface area (Å²) in [7, 11) is 0. The highest BCUT2D eigenvalue weighted by Gasteiger charge is 2.38. The molecule has 168 valence electrons. The molecule has 3 aromatic rings. The van der Waals surface area contributed by atoms with Crippen LogP contribution in [0, 0.1) is 0 Å². The molecule has 3 atom stereocenters. The number of aromatic amines is 2. The monoisotopic (exact) mass is 438 g/mol. The van der Waals surface area contributed by atoms with Crippen LogP contribution in [0.5, 0.6) is 0 Å². The number of aromatic nitrogens is 3. The van der Waals surface area contributed by atoms with Gasteiger partial charge in [-0.2, -0.15) is 0 Å². The Kier molecular flexibility index (Phi) is 6.22. The predicted molar refractivity (Wildman–Crippen MR) is 117 cm³/mol. The summed E-state index contributed by atoms with van der Waals surface area (Å²) in [4.78, 5) is 49.0. The zero-order valence-corrected chi connectivity index (χ0v) is 17.5. The topological polar surface area (TPSA) is 157 Å². The highest BCUT2D eigenvalue weighted by molar-refractivity contribution is 5.93. The Morgan fingerprint density at radius 2 is 2.06 bits per heavy atom. The summed E-state index contributed by atoms with van der Waals surface area (Å²) in [6, 6.07) is 5.03. The van der Waals surface area contributed by atoms with Gasteiger partial charge in [-0.25, -0.2) is 9.78 Å². The number of para-hydroxylation sites is 1. The fourth-order valence-electron chi connectivity index (χ4n) is 4.21. The summed E-state index contributed by atoms with van der Waals surface area (Å²) in [6.45, 7) is 0.340. The van der Waals surface area contributed by atoms with Gasteiger partial charge in [0.05, 0.1) is 12.4 Å². The summed E-state index contributed by atoms with van der Waals surface area (Å²) >= 11 is 0. The number of nitrogens with one attached hydrogen (secondary N) is 3. The number of aliphatic carboxylic acids is 1. The lowest BCUT2D eigenvalue weighted by Crippen LogP contribution is -2.55. The number of benzene rings is 1. The van der Waals surface area contributed by atoms with Crippen LogP contribution in [0.4, 0.5) is 0 Å². The zero-order chi connectivity index (χ0) is 22.7. The number of hydrogen-bond acceptors (Lipinski definition) is 5. The van der Waals surface area contributed by atoms with E-state index in [0.29, 0.717) is 31.5 Å². The van der Waals surface area contributed by atoms with Crippen LogP contribution in [0.3, 0.4) is 0 Å². The maximum Gasteiger partial charge on any atom is 0.326 e. The van der Waals surface area contributed by atoms with E-state index in [1.807, 2.05) is 30.5 Å². The molecule has 2 amide bonds. The van der Waals surface area contributed by atoms with Crippen LogP contribution in [0.1, 0.15) is 24.1 Å². The highest BCUT2D eigenvalue weighted by Crippen LogP contribution is 2.21. The Balaban J connectivity index is 1.49. The van der Waals surface area contributed by atoms with Gasteiger partial charge < -0.3 is 31.0 Å². The van der Waals surface area contributed by atoms with Gasteiger partial charge in [0.25, 0.3) is 0 Å². The summed E-state index contributed by atoms with van der Waals surface area (Å²) < 4.78 is 0. The zero-order valence-electron chi connectivity index (χ0n) is 17.5. The van der Waals surface area contributed by atoms with Crippen LogP contribution in [-0.4, -0.2) is 67.4 Å². The van der Waals surface area contributed by atoms with Crippen molar-refractivity contribution in [2.75, 3.05) is 6.54 Å². The molecule has 6 N–H and O–H groups in total. The van der Waals surface area contributed by atoms with E-state index in [4.69, 9.17) is 5.73 Å². The van der Waals surface area contributed by atoms with Gasteiger partial charge in [-0.05, 0) is 30.9 Å². The third-order valence-electron chi connectivity index (χ3n) is 5.87. The molecule has 0 aliphatic carbocycles. The number of fused-ring (bicyclic) bond motifs is 1. The number of amides is 2. The van der Waals surface area contributed by atoms with E-state index in [-0.39, 0.29) is 6.42 Å². The molecule has 10 heteroatoms. The molecular formula is C22H26N6O4. The number of nitrogens with two attached hydrogens (primary N) is 1. The summed E-state index contributed by atoms with van der Waals surface area (Å²) in [6.07, 6.45) is 6.33. The number of carboxylic acid groups (broad SMARTS) is 1. The summed E-state index contributed by atoms with van der Waals surface area (Å²) in [5.74, 6) is -1.95. The number of rotatable bonds is 8. The fraction of sp³-hybridized carbons (Fsp3) is 0.364. The van der Waals surface area contributed by atoms with Crippen molar-refractivity contribution in [1.82, 2.24) is 25.2 Å². The standard InChI is InChI=1S/C22H26N6O4/c23-16(8-13-10-25-17-5-2-1-4-15(13)17)20(29)27-18(9-14-11-24-12-26-14)21(30)28-7-3-6-19(28)22(31)32/h1-2,4-5,10-12,16,18-19,25H,3,6-9,23H2,(H,24,26)(H,27,29)(H,31,32). The maximum atomic E-state index is 13.2. The number of nitrogens with zero attached hydrogens (tertiary/aromatic N) is 2. The largest absolute Gasteiger partial charge is 0.480 e. The molecule has 1 aromatic carbocycles. The highest BCUT2D eigenvalue weighted by atomic mass is 16.4. The minimum atomic E-state index is -1.04. The van der Waals surface area contributed by atoms with E-state index in [1.54, 1.807) is 6.20 Å². The van der Waals surface area contributed by atoms with E-state index in [0.717, 1.165) is 16.5 Å². The number of carbonyl (C=O) groups is 3. The lowest BCUT2D eigenvalue weighted by molar-refractivity contribution is -0.149. The Bertz CT molecular complexity index is 1110. The van der Waals surface area contributed by atoms with Gasteiger partial charge in [0, 0.05) is 42.0 Å². The van der Waals surface area contributed by atoms with Crippen LogP contribution in [0.2, 0.25) is 0 Å². The van der Waals surface area contributed by atoms with E-state index in [2.05, 4.69) is 20.3 Å². The second-order valence-corrected chi connectivity index (χ2v) is 8.04. The molecule has 0 radical (unpaired) electrons. The molecule has 0 spiro atoms. The molecular weight excluding hydrogens is 412 g/mol. The molecule has 3 unspecified atom stereocenters. The lowest BCUT2D eigenvalue weighted by Gasteiger charge is -2.28. The molecule has 1 aliphatic rings. The van der Waals surface area contributed by atoms with Crippen molar-refractivity contribution >= 4 is 28.7 Å². The number of H-pyrrole nitrogens is 2. The molecule has 4 rings (SSSR count). The van der Waals surface area contributed by atoms with Gasteiger partial charge in [-0.15, -0.1) is 0 Å². The van der Waals surface area contributed by atoms with Crippen LogP contribution >= 0.6 is 0 Å². The van der Waals surface area contributed by atoms with E-state index in [1.165, 1.54) is 11.2 Å². The van der Waals surface area contributed by atoms with Crippen molar-refractivity contribution < 1.29 is 19.5 Å². The first kappa shape index (κ1) is 21.6. The van der Waals surface area contributed by atoms with Gasteiger partial charge in [-0.1, -0.05) is 18.2 Å². The Morgan fingerprint density at radius 1 is 1.25 bits per heavy atom. The van der Waals surface area contributed by atoms with Crippen molar-refractivity contribution in [2.24, 2.45) is 5.73 Å². The van der Waals surface area contributed by atoms with Crippen LogP contribution < -0.4 is 11.1 Å². The first-order valence-corrected chi connectivity index (χ1v) is 10.6. The minimum Gasteiger partial charge on any atom is -0.480 e. The predicted octanol–water partition coefficient (Wildman–Crippen LogP) is 0.564. The van der Waals surface area contributed by atoms with E-state index in [9.17, 15) is 19.5 Å². The third kappa shape index (κ3) is 4.50. The summed E-state index contributed by atoms with van der Waals surface area (Å²) in [5.41, 5.74) is 8.70. The normalized spacial score (nSPS) is 17.9. The SMILES string of the molecule is NC(Cc1c[nH]c2ccccc12)C(=O)NC(Cc1cnc[nH]1)C(=O)N1CCCC1C(=O)O. The van der Waals surface area contributed by atoms with Gasteiger partial charge >= 0.3 is 5.97 Å².